The van der Waals surface area contributed by atoms with Crippen LogP contribution in [-0.2, 0) is 9.53 Å². The number of carbonyl (C=O) groups is 1. The predicted octanol–water partition coefficient (Wildman–Crippen LogP) is 4.17. The molecule has 2 unspecified atom stereocenters. The lowest BCUT2D eigenvalue weighted by Crippen LogP contribution is -2.29. The summed E-state index contributed by atoms with van der Waals surface area (Å²) in [6, 6.07) is 13.1. The van der Waals surface area contributed by atoms with E-state index in [1.54, 1.807) is 25.3 Å². The van der Waals surface area contributed by atoms with Crippen LogP contribution in [0.3, 0.4) is 0 Å². The highest BCUT2D eigenvalue weighted by Gasteiger charge is 2.38. The van der Waals surface area contributed by atoms with E-state index in [-0.39, 0.29) is 0 Å². The van der Waals surface area contributed by atoms with E-state index in [1.807, 2.05) is 35.2 Å². The molecule has 1 aliphatic heterocycles. The fourth-order valence-electron chi connectivity index (χ4n) is 2.74. The van der Waals surface area contributed by atoms with E-state index in [4.69, 9.17) is 33.7 Å². The van der Waals surface area contributed by atoms with Crippen molar-refractivity contribution in [3.63, 3.8) is 0 Å². The summed E-state index contributed by atoms with van der Waals surface area (Å²) < 4.78 is 6.19. The van der Waals surface area contributed by atoms with Gasteiger partial charge in [-0.3, -0.25) is 4.79 Å². The summed E-state index contributed by atoms with van der Waals surface area (Å²) in [5, 5.41) is 1.44. The summed E-state index contributed by atoms with van der Waals surface area (Å²) in [5.41, 5.74) is 6.84. The van der Waals surface area contributed by atoms with E-state index < -0.39 is 17.4 Å². The van der Waals surface area contributed by atoms with Crippen molar-refractivity contribution in [2.45, 2.75) is 17.5 Å². The molecule has 1 aromatic heterocycles. The largest absolute Gasteiger partial charge is 0.462 e. The molecular weight excluding hydrogens is 405 g/mol. The average Bonchev–Trinajstić information content (AvgIpc) is 3.01. The smallest absolute Gasteiger partial charge is 0.227 e. The molecule has 8 heteroatoms. The maximum absolute atomic E-state index is 11.9. The molecule has 0 bridgehead atoms. The van der Waals surface area contributed by atoms with Crippen LogP contribution in [0.2, 0.25) is 5.02 Å². The molecule has 0 saturated heterocycles. The summed E-state index contributed by atoms with van der Waals surface area (Å²) in [7, 11) is 0. The Bertz CT molecular complexity index is 831. The van der Waals surface area contributed by atoms with Crippen LogP contribution in [0.4, 0.5) is 0 Å². The first-order chi connectivity index (χ1) is 13.0. The summed E-state index contributed by atoms with van der Waals surface area (Å²) in [6.07, 6.45) is 1.73. The molecule has 3 rings (SSSR count). The number of rotatable bonds is 7. The Morgan fingerprint density at radius 2 is 2.07 bits per heavy atom. The van der Waals surface area contributed by atoms with Gasteiger partial charge >= 0.3 is 0 Å². The van der Waals surface area contributed by atoms with E-state index in [0.717, 1.165) is 16.3 Å². The number of carbonyl (C=O) groups excluding carboxylic acids is 1. The minimum atomic E-state index is -0.581. The highest BCUT2D eigenvalue weighted by molar-refractivity contribution is 7.99. The van der Waals surface area contributed by atoms with Gasteiger partial charge in [-0.25, -0.2) is 4.98 Å². The van der Waals surface area contributed by atoms with Gasteiger partial charge in [0.05, 0.1) is 11.6 Å². The van der Waals surface area contributed by atoms with Crippen molar-refractivity contribution in [2.24, 2.45) is 11.7 Å². The Kier molecular flexibility index (Phi) is 6.52. The molecule has 1 aliphatic rings. The number of pyridine rings is 1. The number of nitrogens with two attached hydrogens (primary N) is 1. The third kappa shape index (κ3) is 4.51. The number of aromatic nitrogens is 1. The van der Waals surface area contributed by atoms with E-state index in [0.29, 0.717) is 23.2 Å². The standard InChI is InChI=1S/C19H19Cl2N3O2S/c1-12(18(22)25)17-16(13-5-7-14(21)8-6-13)24(11-9-20)19(26-17)27-15-4-2-3-10-23-15/h2-8,10,12,19H,9,11H2,1H3,(H2,22,25). The van der Waals surface area contributed by atoms with Gasteiger partial charge in [-0.2, -0.15) is 0 Å². The number of primary amides is 1. The van der Waals surface area contributed by atoms with Gasteiger partial charge in [-0.1, -0.05) is 29.8 Å². The summed E-state index contributed by atoms with van der Waals surface area (Å²) >= 11 is 13.5. The molecule has 27 heavy (non-hydrogen) atoms. The topological polar surface area (TPSA) is 68.5 Å². The first-order valence-electron chi connectivity index (χ1n) is 8.37. The van der Waals surface area contributed by atoms with Gasteiger partial charge in [0.1, 0.15) is 10.8 Å². The molecule has 0 saturated carbocycles. The molecule has 2 heterocycles. The fraction of sp³-hybridized carbons (Fsp3) is 0.263. The number of thioether (sulfide) groups is 1. The molecule has 1 aromatic carbocycles. The number of alkyl halides is 1. The van der Waals surface area contributed by atoms with Crippen LogP contribution in [0.5, 0.6) is 0 Å². The summed E-state index contributed by atoms with van der Waals surface area (Å²) in [6.45, 7) is 2.28. The van der Waals surface area contributed by atoms with Crippen LogP contribution < -0.4 is 5.73 Å². The molecule has 142 valence electrons. The number of amides is 1. The maximum Gasteiger partial charge on any atom is 0.227 e. The highest BCUT2D eigenvalue weighted by atomic mass is 35.5. The number of hydrogen-bond acceptors (Lipinski definition) is 5. The SMILES string of the molecule is CC(C(N)=O)C1=C(c2ccc(Cl)cc2)N(CCCl)C(Sc2ccccn2)O1. The minimum absolute atomic E-state index is 0.401. The van der Waals surface area contributed by atoms with Crippen molar-refractivity contribution in [1.82, 2.24) is 9.88 Å². The first kappa shape index (κ1) is 19.9. The zero-order chi connectivity index (χ0) is 19.4. The van der Waals surface area contributed by atoms with Gasteiger partial charge < -0.3 is 15.4 Å². The van der Waals surface area contributed by atoms with Crippen molar-refractivity contribution in [2.75, 3.05) is 12.4 Å². The second kappa shape index (κ2) is 8.87. The van der Waals surface area contributed by atoms with Crippen molar-refractivity contribution in [3.05, 3.63) is 65.0 Å². The summed E-state index contributed by atoms with van der Waals surface area (Å²) in [4.78, 5) is 18.2. The van der Waals surface area contributed by atoms with Crippen LogP contribution in [-0.4, -0.2) is 33.8 Å². The van der Waals surface area contributed by atoms with E-state index in [1.165, 1.54) is 11.8 Å². The van der Waals surface area contributed by atoms with E-state index >= 15 is 0 Å². The molecule has 5 nitrogen and oxygen atoms in total. The van der Waals surface area contributed by atoms with E-state index in [9.17, 15) is 4.79 Å². The number of hydrogen-bond donors (Lipinski definition) is 1. The zero-order valence-corrected chi connectivity index (χ0v) is 17.0. The lowest BCUT2D eigenvalue weighted by atomic mass is 10.0. The Hall–Kier alpha value is -1.89. The van der Waals surface area contributed by atoms with Gasteiger partial charge in [0.2, 0.25) is 11.5 Å². The number of halogens is 2. The van der Waals surface area contributed by atoms with Crippen LogP contribution in [0, 0.1) is 5.92 Å². The second-order valence-electron chi connectivity index (χ2n) is 5.94. The van der Waals surface area contributed by atoms with Crippen LogP contribution in [0.15, 0.2) is 59.4 Å². The second-order valence-corrected chi connectivity index (χ2v) is 7.81. The lowest BCUT2D eigenvalue weighted by Gasteiger charge is -2.26. The van der Waals surface area contributed by atoms with Gasteiger partial charge in [-0.05, 0) is 43.0 Å². The Labute approximate surface area is 172 Å². The molecule has 2 aromatic rings. The molecule has 2 N–H and O–H groups in total. The van der Waals surface area contributed by atoms with Gasteiger partial charge in [0.15, 0.2) is 0 Å². The quantitative estimate of drug-likeness (QED) is 0.676. The van der Waals surface area contributed by atoms with Gasteiger partial charge in [0, 0.05) is 29.2 Å². The number of benzene rings is 1. The molecule has 0 aliphatic carbocycles. The maximum atomic E-state index is 11.9. The van der Waals surface area contributed by atoms with Crippen LogP contribution >= 0.6 is 35.0 Å². The average molecular weight is 424 g/mol. The fourth-order valence-corrected chi connectivity index (χ4v) is 4.03. The summed E-state index contributed by atoms with van der Waals surface area (Å²) in [5.74, 6) is -0.102. The van der Waals surface area contributed by atoms with Gasteiger partial charge in [0.25, 0.3) is 0 Å². The molecule has 1 amide bonds. The third-order valence-corrected chi connectivity index (χ3v) is 5.58. The predicted molar refractivity (Wildman–Crippen MR) is 109 cm³/mol. The van der Waals surface area contributed by atoms with Crippen molar-refractivity contribution in [1.29, 1.82) is 0 Å². The minimum Gasteiger partial charge on any atom is -0.462 e. The molecule has 0 fully saturated rings. The molecule has 0 spiro atoms. The van der Waals surface area contributed by atoms with Crippen molar-refractivity contribution >= 4 is 46.6 Å². The van der Waals surface area contributed by atoms with E-state index in [2.05, 4.69) is 4.98 Å². The zero-order valence-electron chi connectivity index (χ0n) is 14.6. The third-order valence-electron chi connectivity index (χ3n) is 4.13. The van der Waals surface area contributed by atoms with Crippen LogP contribution in [0.1, 0.15) is 12.5 Å². The monoisotopic (exact) mass is 423 g/mol. The van der Waals surface area contributed by atoms with Crippen molar-refractivity contribution < 1.29 is 9.53 Å². The highest BCUT2D eigenvalue weighted by Crippen LogP contribution is 2.42. The molecule has 2 atom stereocenters. The molecule has 0 radical (unpaired) electrons. The van der Waals surface area contributed by atoms with Crippen molar-refractivity contribution in [3.8, 4) is 0 Å². The first-order valence-corrected chi connectivity index (χ1v) is 10.2. The normalized spacial score (nSPS) is 17.7. The Balaban J connectivity index is 2.01. The number of ether oxygens (including phenoxy) is 1. The Morgan fingerprint density at radius 1 is 1.33 bits per heavy atom. The van der Waals surface area contributed by atoms with Gasteiger partial charge in [-0.15, -0.1) is 11.6 Å². The lowest BCUT2D eigenvalue weighted by molar-refractivity contribution is -0.121. The molecular formula is C19H19Cl2N3O2S. The number of nitrogens with zero attached hydrogens (tertiary/aromatic N) is 2. The van der Waals surface area contributed by atoms with Crippen LogP contribution in [0.25, 0.3) is 5.70 Å². The Morgan fingerprint density at radius 3 is 2.67 bits per heavy atom.